The largest absolute Gasteiger partial charge is 0.0704 e. The number of halogens is 1. The van der Waals surface area contributed by atoms with Crippen molar-refractivity contribution in [2.75, 3.05) is 0 Å². The lowest BCUT2D eigenvalue weighted by atomic mass is 10.0. The third-order valence-corrected chi connectivity index (χ3v) is 4.69. The lowest BCUT2D eigenvalue weighted by molar-refractivity contribution is 1.15. The Hall–Kier alpha value is -0.730. The van der Waals surface area contributed by atoms with Crippen molar-refractivity contribution in [3.8, 4) is 0 Å². The van der Waals surface area contributed by atoms with Crippen LogP contribution in [0, 0.1) is 13.8 Å². The molecule has 0 unspecified atom stereocenters. The number of benzene rings is 2. The highest BCUT2D eigenvalue weighted by Gasteiger charge is 2.13. The van der Waals surface area contributed by atoms with Crippen LogP contribution in [0.3, 0.4) is 0 Å². The summed E-state index contributed by atoms with van der Waals surface area (Å²) >= 11 is 3.54. The van der Waals surface area contributed by atoms with Crippen molar-refractivity contribution in [2.45, 2.75) is 19.1 Å². The molecule has 0 heterocycles. The quantitative estimate of drug-likeness (QED) is 0.728. The van der Waals surface area contributed by atoms with E-state index in [9.17, 15) is 0 Å². The second-order valence-electron chi connectivity index (χ2n) is 4.29. The van der Waals surface area contributed by atoms with Crippen molar-refractivity contribution >= 4 is 25.0 Å². The van der Waals surface area contributed by atoms with Crippen molar-refractivity contribution in [1.29, 1.82) is 0 Å². The van der Waals surface area contributed by atoms with E-state index in [1.54, 1.807) is 10.2 Å². The van der Waals surface area contributed by atoms with Crippen LogP contribution in [0.2, 0.25) is 0 Å². The highest BCUT2D eigenvalue weighted by molar-refractivity contribution is 9.50. The van der Waals surface area contributed by atoms with Crippen molar-refractivity contribution in [3.63, 3.8) is 0 Å². The fourth-order valence-corrected chi connectivity index (χ4v) is 3.59. The highest BCUT2D eigenvalue weighted by Crippen LogP contribution is 2.39. The SMILES string of the molecule is Cc1ccc(C(SBr)c2ccc(C)cc2)cc1. The molecule has 88 valence electrons. The van der Waals surface area contributed by atoms with Gasteiger partial charge in [0, 0.05) is 0 Å². The van der Waals surface area contributed by atoms with Crippen molar-refractivity contribution in [3.05, 3.63) is 70.8 Å². The molecule has 2 rings (SSSR count). The smallest absolute Gasteiger partial charge is 0.0656 e. The minimum atomic E-state index is 0.358. The zero-order valence-electron chi connectivity index (χ0n) is 9.98. The number of hydrogen-bond donors (Lipinski definition) is 0. The Labute approximate surface area is 115 Å². The van der Waals surface area contributed by atoms with Crippen LogP contribution in [-0.4, -0.2) is 0 Å². The molecule has 0 saturated heterocycles. The van der Waals surface area contributed by atoms with Gasteiger partial charge in [-0.3, -0.25) is 0 Å². The standard InChI is InChI=1S/C15H15BrS/c1-11-3-7-13(8-4-11)15(17-16)14-9-5-12(2)6-10-14/h3-10,15H,1-2H3. The Bertz CT molecular complexity index is 428. The zero-order valence-corrected chi connectivity index (χ0v) is 12.4. The predicted molar refractivity (Wildman–Crippen MR) is 80.7 cm³/mol. The maximum atomic E-state index is 3.54. The third-order valence-electron chi connectivity index (χ3n) is 2.85. The molecule has 17 heavy (non-hydrogen) atoms. The first-order valence-electron chi connectivity index (χ1n) is 5.61. The fourth-order valence-electron chi connectivity index (χ4n) is 1.78. The van der Waals surface area contributed by atoms with Gasteiger partial charge in [0.2, 0.25) is 0 Å². The molecule has 0 atom stereocenters. The van der Waals surface area contributed by atoms with Crippen LogP contribution in [0.1, 0.15) is 27.5 Å². The van der Waals surface area contributed by atoms with Crippen LogP contribution in [0.4, 0.5) is 0 Å². The monoisotopic (exact) mass is 306 g/mol. The van der Waals surface area contributed by atoms with Gasteiger partial charge in [-0.25, -0.2) is 0 Å². The van der Waals surface area contributed by atoms with E-state index >= 15 is 0 Å². The Morgan fingerprint density at radius 3 is 1.41 bits per heavy atom. The van der Waals surface area contributed by atoms with Gasteiger partial charge >= 0.3 is 0 Å². The van der Waals surface area contributed by atoms with E-state index < -0.39 is 0 Å². The summed E-state index contributed by atoms with van der Waals surface area (Å²) in [4.78, 5) is 0. The van der Waals surface area contributed by atoms with E-state index in [1.807, 2.05) is 0 Å². The van der Waals surface area contributed by atoms with Crippen LogP contribution >= 0.6 is 25.0 Å². The number of rotatable bonds is 3. The molecule has 0 N–H and O–H groups in total. The summed E-state index contributed by atoms with van der Waals surface area (Å²) < 4.78 is 0. The van der Waals surface area contributed by atoms with Gasteiger partial charge < -0.3 is 0 Å². The third kappa shape index (κ3) is 3.14. The Morgan fingerprint density at radius 1 is 0.765 bits per heavy atom. The molecular formula is C15H15BrS. The summed E-state index contributed by atoms with van der Waals surface area (Å²) in [5.74, 6) is 0. The predicted octanol–water partition coefficient (Wildman–Crippen LogP) is 5.44. The number of aryl methyl sites for hydroxylation is 2. The summed E-state index contributed by atoms with van der Waals surface area (Å²) in [6.45, 7) is 4.23. The van der Waals surface area contributed by atoms with Crippen LogP contribution in [-0.2, 0) is 0 Å². The van der Waals surface area contributed by atoms with E-state index in [-0.39, 0.29) is 0 Å². The number of hydrogen-bond acceptors (Lipinski definition) is 1. The molecule has 0 aliphatic heterocycles. The first-order chi connectivity index (χ1) is 8.20. The summed E-state index contributed by atoms with van der Waals surface area (Å²) in [5.41, 5.74) is 5.27. The van der Waals surface area contributed by atoms with E-state index in [4.69, 9.17) is 0 Å². The van der Waals surface area contributed by atoms with E-state index in [0.717, 1.165) is 0 Å². The Morgan fingerprint density at radius 2 is 1.12 bits per heavy atom. The van der Waals surface area contributed by atoms with E-state index in [0.29, 0.717) is 5.25 Å². The molecule has 2 aromatic carbocycles. The van der Waals surface area contributed by atoms with Gasteiger partial charge in [-0.2, -0.15) is 0 Å². The lowest BCUT2D eigenvalue weighted by Crippen LogP contribution is -1.94. The highest BCUT2D eigenvalue weighted by atomic mass is 79.9. The first-order valence-corrected chi connectivity index (χ1v) is 8.33. The van der Waals surface area contributed by atoms with Gasteiger partial charge in [0.05, 0.1) is 5.25 Å². The molecular weight excluding hydrogens is 292 g/mol. The first kappa shape index (κ1) is 12.7. The molecule has 0 bridgehead atoms. The van der Waals surface area contributed by atoms with Crippen LogP contribution in [0.15, 0.2) is 48.5 Å². The summed E-state index contributed by atoms with van der Waals surface area (Å²) in [7, 11) is 1.70. The van der Waals surface area contributed by atoms with Gasteiger partial charge in [0.25, 0.3) is 0 Å². The molecule has 0 radical (unpaired) electrons. The van der Waals surface area contributed by atoms with Crippen LogP contribution < -0.4 is 0 Å². The summed E-state index contributed by atoms with van der Waals surface area (Å²) in [6.07, 6.45) is 0. The molecule has 0 amide bonds. The average molecular weight is 307 g/mol. The van der Waals surface area contributed by atoms with Crippen LogP contribution in [0.25, 0.3) is 0 Å². The van der Waals surface area contributed by atoms with Crippen molar-refractivity contribution in [2.24, 2.45) is 0 Å². The minimum absolute atomic E-state index is 0.358. The maximum absolute atomic E-state index is 3.54. The van der Waals surface area contributed by atoms with Gasteiger partial charge in [-0.05, 0) is 39.8 Å². The topological polar surface area (TPSA) is 0 Å². The van der Waals surface area contributed by atoms with Gasteiger partial charge in [-0.1, -0.05) is 69.9 Å². The molecule has 0 spiro atoms. The lowest BCUT2D eigenvalue weighted by Gasteiger charge is -2.14. The van der Waals surface area contributed by atoms with Gasteiger partial charge in [0.15, 0.2) is 0 Å². The summed E-state index contributed by atoms with van der Waals surface area (Å²) in [6, 6.07) is 17.5. The minimum Gasteiger partial charge on any atom is -0.0704 e. The molecule has 0 aliphatic carbocycles. The van der Waals surface area contributed by atoms with Crippen molar-refractivity contribution in [1.82, 2.24) is 0 Å². The second kappa shape index (κ2) is 5.74. The molecule has 0 nitrogen and oxygen atoms in total. The fraction of sp³-hybridized carbons (Fsp3) is 0.200. The molecule has 2 heteroatoms. The van der Waals surface area contributed by atoms with E-state index in [1.165, 1.54) is 22.3 Å². The van der Waals surface area contributed by atoms with Crippen LogP contribution in [0.5, 0.6) is 0 Å². The second-order valence-corrected chi connectivity index (χ2v) is 6.06. The maximum Gasteiger partial charge on any atom is 0.0656 e. The molecule has 0 saturated carbocycles. The molecule has 0 aliphatic rings. The Kier molecular flexibility index (Phi) is 4.30. The van der Waals surface area contributed by atoms with E-state index in [2.05, 4.69) is 77.2 Å². The van der Waals surface area contributed by atoms with Gasteiger partial charge in [-0.15, -0.1) is 0 Å². The molecule has 0 fully saturated rings. The van der Waals surface area contributed by atoms with Crippen molar-refractivity contribution < 1.29 is 0 Å². The molecule has 2 aromatic rings. The van der Waals surface area contributed by atoms with Gasteiger partial charge in [0.1, 0.15) is 0 Å². The summed E-state index contributed by atoms with van der Waals surface area (Å²) in [5, 5.41) is 0.358. The Balaban J connectivity index is 2.33. The average Bonchev–Trinajstić information content (AvgIpc) is 2.35. The zero-order chi connectivity index (χ0) is 12.3. The molecule has 0 aromatic heterocycles. The normalized spacial score (nSPS) is 10.8.